The van der Waals surface area contributed by atoms with Crippen LogP contribution >= 0.6 is 11.6 Å². The predicted octanol–water partition coefficient (Wildman–Crippen LogP) is 3.48. The maximum Gasteiger partial charge on any atom is 0.416 e. The number of nitrogens with one attached hydrogen (secondary N) is 1. The number of carboxylic acids is 1. The molecule has 0 saturated heterocycles. The van der Waals surface area contributed by atoms with Crippen molar-refractivity contribution in [2.75, 3.05) is 0 Å². The van der Waals surface area contributed by atoms with Gasteiger partial charge in [-0.15, -0.1) is 0 Å². The van der Waals surface area contributed by atoms with Crippen LogP contribution in [0.2, 0.25) is 5.02 Å². The minimum absolute atomic E-state index is 0.0430. The zero-order chi connectivity index (χ0) is 17.2. The fourth-order valence-corrected chi connectivity index (χ4v) is 3.00. The molecule has 126 valence electrons. The van der Waals surface area contributed by atoms with E-state index in [-0.39, 0.29) is 11.6 Å². The first-order valence-electron chi connectivity index (χ1n) is 7.06. The van der Waals surface area contributed by atoms with E-state index in [1.807, 2.05) is 0 Å². The van der Waals surface area contributed by atoms with E-state index < -0.39 is 35.5 Å². The van der Waals surface area contributed by atoms with Crippen molar-refractivity contribution in [3.8, 4) is 0 Å². The molecule has 0 unspecified atom stereocenters. The minimum atomic E-state index is -4.48. The van der Waals surface area contributed by atoms with Crippen molar-refractivity contribution in [2.45, 2.75) is 32.0 Å². The normalized spacial score (nSPS) is 21.2. The fourth-order valence-electron chi connectivity index (χ4n) is 2.75. The Morgan fingerprint density at radius 1 is 1.26 bits per heavy atom. The highest BCUT2D eigenvalue weighted by atomic mass is 35.5. The van der Waals surface area contributed by atoms with Gasteiger partial charge in [0.05, 0.1) is 17.4 Å². The van der Waals surface area contributed by atoms with Gasteiger partial charge in [0.15, 0.2) is 0 Å². The second-order valence-electron chi connectivity index (χ2n) is 5.50. The van der Waals surface area contributed by atoms with Gasteiger partial charge in [0.1, 0.15) is 0 Å². The summed E-state index contributed by atoms with van der Waals surface area (Å²) in [4.78, 5) is 23.1. The van der Waals surface area contributed by atoms with E-state index in [0.717, 1.165) is 12.1 Å². The smallest absolute Gasteiger partial charge is 0.416 e. The van der Waals surface area contributed by atoms with Crippen LogP contribution in [0.1, 0.15) is 30.4 Å². The van der Waals surface area contributed by atoms with Crippen molar-refractivity contribution in [2.24, 2.45) is 11.8 Å². The molecular weight excluding hydrogens is 335 g/mol. The molecule has 2 rings (SSSR count). The molecule has 0 spiro atoms. The van der Waals surface area contributed by atoms with Crippen molar-refractivity contribution in [1.82, 2.24) is 5.32 Å². The van der Waals surface area contributed by atoms with Crippen LogP contribution in [-0.4, -0.2) is 17.0 Å². The Bertz CT molecular complexity index is 618. The van der Waals surface area contributed by atoms with Gasteiger partial charge in [-0.2, -0.15) is 13.2 Å². The highest BCUT2D eigenvalue weighted by Crippen LogP contribution is 2.33. The zero-order valence-electron chi connectivity index (χ0n) is 12.0. The zero-order valence-corrected chi connectivity index (χ0v) is 12.7. The lowest BCUT2D eigenvalue weighted by atomic mass is 9.95. The van der Waals surface area contributed by atoms with Crippen LogP contribution in [0.15, 0.2) is 18.2 Å². The molecule has 23 heavy (non-hydrogen) atoms. The Hall–Kier alpha value is -1.76. The number of carbonyl (C=O) groups excluding carboxylic acids is 1. The van der Waals surface area contributed by atoms with Crippen LogP contribution in [0.25, 0.3) is 0 Å². The number of rotatable bonds is 4. The molecule has 8 heteroatoms. The Morgan fingerprint density at radius 2 is 1.91 bits per heavy atom. The largest absolute Gasteiger partial charge is 0.481 e. The summed E-state index contributed by atoms with van der Waals surface area (Å²) in [5.74, 6) is -2.74. The molecular formula is C15H15ClF3NO3. The summed E-state index contributed by atoms with van der Waals surface area (Å²) >= 11 is 5.81. The molecule has 1 aromatic carbocycles. The summed E-state index contributed by atoms with van der Waals surface area (Å²) in [5, 5.41) is 11.5. The molecule has 4 nitrogen and oxygen atoms in total. The lowest BCUT2D eigenvalue weighted by Crippen LogP contribution is -2.35. The van der Waals surface area contributed by atoms with Crippen molar-refractivity contribution in [3.63, 3.8) is 0 Å². The van der Waals surface area contributed by atoms with Crippen molar-refractivity contribution < 1.29 is 27.9 Å². The lowest BCUT2D eigenvalue weighted by molar-refractivity contribution is -0.146. The van der Waals surface area contributed by atoms with Crippen LogP contribution in [0.3, 0.4) is 0 Å². The van der Waals surface area contributed by atoms with Crippen molar-refractivity contribution >= 4 is 23.5 Å². The Labute approximate surface area is 135 Å². The Kier molecular flexibility index (Phi) is 5.19. The summed E-state index contributed by atoms with van der Waals surface area (Å²) in [6.45, 7) is -0.0430. The van der Waals surface area contributed by atoms with E-state index in [0.29, 0.717) is 24.8 Å². The second-order valence-corrected chi connectivity index (χ2v) is 5.91. The maximum atomic E-state index is 12.6. The number of hydrogen-bond donors (Lipinski definition) is 2. The van der Waals surface area contributed by atoms with Crippen molar-refractivity contribution in [1.29, 1.82) is 0 Å². The number of amides is 1. The number of aliphatic carboxylic acids is 1. The van der Waals surface area contributed by atoms with Crippen LogP contribution in [0.5, 0.6) is 0 Å². The molecule has 0 aliphatic heterocycles. The van der Waals surface area contributed by atoms with Crippen LogP contribution in [0.4, 0.5) is 13.2 Å². The van der Waals surface area contributed by atoms with E-state index in [9.17, 15) is 22.8 Å². The number of hydrogen-bond acceptors (Lipinski definition) is 2. The highest BCUT2D eigenvalue weighted by molar-refractivity contribution is 6.31. The predicted molar refractivity (Wildman–Crippen MR) is 76.8 cm³/mol. The van der Waals surface area contributed by atoms with Gasteiger partial charge in [-0.25, -0.2) is 0 Å². The first kappa shape index (κ1) is 17.6. The van der Waals surface area contributed by atoms with E-state index in [1.54, 1.807) is 0 Å². The number of halogens is 4. The van der Waals surface area contributed by atoms with E-state index in [4.69, 9.17) is 16.7 Å². The first-order chi connectivity index (χ1) is 10.7. The quantitative estimate of drug-likeness (QED) is 0.874. The molecule has 2 atom stereocenters. The van der Waals surface area contributed by atoms with Gasteiger partial charge in [-0.3, -0.25) is 9.59 Å². The first-order valence-corrected chi connectivity index (χ1v) is 7.44. The van der Waals surface area contributed by atoms with Crippen LogP contribution in [-0.2, 0) is 22.3 Å². The third-order valence-corrected chi connectivity index (χ3v) is 4.36. The average molecular weight is 350 g/mol. The SMILES string of the molecule is O=C(NCc1ccc(C(F)(F)F)cc1Cl)[C@H]1CCC[C@H]1C(=O)O. The summed E-state index contributed by atoms with van der Waals surface area (Å²) in [7, 11) is 0. The Morgan fingerprint density at radius 3 is 2.48 bits per heavy atom. The van der Waals surface area contributed by atoms with Crippen LogP contribution in [0, 0.1) is 11.8 Å². The number of carbonyl (C=O) groups is 2. The number of alkyl halides is 3. The van der Waals surface area contributed by atoms with Gasteiger partial charge in [0, 0.05) is 11.6 Å². The van der Waals surface area contributed by atoms with Gasteiger partial charge >= 0.3 is 12.1 Å². The summed E-state index contributed by atoms with van der Waals surface area (Å²) in [5.41, 5.74) is -0.516. The maximum absolute atomic E-state index is 12.6. The molecule has 0 radical (unpaired) electrons. The lowest BCUT2D eigenvalue weighted by Gasteiger charge is -2.16. The summed E-state index contributed by atoms with van der Waals surface area (Å²) < 4.78 is 37.7. The number of benzene rings is 1. The molecule has 1 aliphatic rings. The second kappa shape index (κ2) is 6.78. The van der Waals surface area contributed by atoms with Gasteiger partial charge in [0.25, 0.3) is 0 Å². The number of carboxylic acid groups (broad SMARTS) is 1. The Balaban J connectivity index is 2.01. The fraction of sp³-hybridized carbons (Fsp3) is 0.467. The topological polar surface area (TPSA) is 66.4 Å². The monoisotopic (exact) mass is 349 g/mol. The molecule has 1 aliphatic carbocycles. The molecule has 0 bridgehead atoms. The van der Waals surface area contributed by atoms with E-state index in [2.05, 4.69) is 5.32 Å². The molecule has 0 heterocycles. The van der Waals surface area contributed by atoms with Gasteiger partial charge in [-0.1, -0.05) is 24.1 Å². The molecule has 1 aromatic rings. The van der Waals surface area contributed by atoms with Gasteiger partial charge in [0.2, 0.25) is 5.91 Å². The summed E-state index contributed by atoms with van der Waals surface area (Å²) in [6.07, 6.45) is -2.88. The minimum Gasteiger partial charge on any atom is -0.481 e. The average Bonchev–Trinajstić information content (AvgIpc) is 2.94. The molecule has 1 saturated carbocycles. The highest BCUT2D eigenvalue weighted by Gasteiger charge is 2.37. The molecule has 1 amide bonds. The molecule has 0 aromatic heterocycles. The van der Waals surface area contributed by atoms with E-state index >= 15 is 0 Å². The summed E-state index contributed by atoms with van der Waals surface area (Å²) in [6, 6.07) is 2.90. The van der Waals surface area contributed by atoms with E-state index in [1.165, 1.54) is 6.07 Å². The van der Waals surface area contributed by atoms with Gasteiger partial charge < -0.3 is 10.4 Å². The molecule has 1 fully saturated rings. The standard InChI is InChI=1S/C15H15ClF3NO3/c16-12-6-9(15(17,18)19)5-4-8(12)7-20-13(21)10-2-1-3-11(10)14(22)23/h4-6,10-11H,1-3,7H2,(H,20,21)(H,22,23)/t10-,11+/m0/s1. The van der Waals surface area contributed by atoms with Crippen molar-refractivity contribution in [3.05, 3.63) is 34.3 Å². The third-order valence-electron chi connectivity index (χ3n) is 4.00. The molecule has 2 N–H and O–H groups in total. The van der Waals surface area contributed by atoms with Crippen LogP contribution < -0.4 is 5.32 Å². The van der Waals surface area contributed by atoms with Gasteiger partial charge in [-0.05, 0) is 30.5 Å². The third kappa shape index (κ3) is 4.16.